The fourth-order valence-corrected chi connectivity index (χ4v) is 2.02. The van der Waals surface area contributed by atoms with Crippen LogP contribution in [0.1, 0.15) is 22.3 Å². The number of hydrogen-bond donors (Lipinski definition) is 2. The molecule has 2 rings (SSSR count). The monoisotopic (exact) mass is 240 g/mol. The Balaban J connectivity index is 1.90. The fourth-order valence-electron chi connectivity index (χ4n) is 2.02. The molecule has 0 aliphatic heterocycles. The van der Waals surface area contributed by atoms with Crippen molar-refractivity contribution in [2.75, 3.05) is 0 Å². The van der Waals surface area contributed by atoms with E-state index in [1.807, 2.05) is 0 Å². The maximum absolute atomic E-state index is 5.64. The number of benzene rings is 2. The summed E-state index contributed by atoms with van der Waals surface area (Å²) in [5, 5.41) is 3.47. The van der Waals surface area contributed by atoms with Gasteiger partial charge < -0.3 is 11.1 Å². The third kappa shape index (κ3) is 3.42. The van der Waals surface area contributed by atoms with E-state index in [1.54, 1.807) is 0 Å². The molecular formula is C16H20N2. The molecule has 0 aliphatic rings. The first-order valence-electron chi connectivity index (χ1n) is 6.32. The molecule has 3 N–H and O–H groups in total. The molecule has 0 bridgehead atoms. The van der Waals surface area contributed by atoms with Crippen LogP contribution in [0.3, 0.4) is 0 Å². The van der Waals surface area contributed by atoms with Crippen LogP contribution in [0.4, 0.5) is 0 Å². The molecular weight excluding hydrogens is 220 g/mol. The number of nitrogens with two attached hydrogens (primary N) is 1. The summed E-state index contributed by atoms with van der Waals surface area (Å²) in [6, 6.07) is 16.9. The largest absolute Gasteiger partial charge is 0.326 e. The zero-order chi connectivity index (χ0) is 12.8. The van der Waals surface area contributed by atoms with Crippen LogP contribution in [-0.2, 0) is 19.6 Å². The lowest BCUT2D eigenvalue weighted by Crippen LogP contribution is -2.13. The van der Waals surface area contributed by atoms with Crippen LogP contribution in [0.25, 0.3) is 0 Å². The summed E-state index contributed by atoms with van der Waals surface area (Å²) in [7, 11) is 0. The third-order valence-electron chi connectivity index (χ3n) is 3.13. The lowest BCUT2D eigenvalue weighted by Gasteiger charge is -2.08. The molecule has 2 nitrogen and oxygen atoms in total. The molecule has 0 amide bonds. The summed E-state index contributed by atoms with van der Waals surface area (Å²) in [5.41, 5.74) is 10.8. The molecule has 2 aromatic rings. The van der Waals surface area contributed by atoms with Gasteiger partial charge in [0.05, 0.1) is 0 Å². The summed E-state index contributed by atoms with van der Waals surface area (Å²) in [4.78, 5) is 0. The molecule has 2 heteroatoms. The minimum Gasteiger partial charge on any atom is -0.326 e. The highest BCUT2D eigenvalue weighted by Crippen LogP contribution is 2.08. The minimum atomic E-state index is 0.603. The van der Waals surface area contributed by atoms with E-state index in [2.05, 4.69) is 60.8 Å². The number of aryl methyl sites for hydroxylation is 1. The van der Waals surface area contributed by atoms with Crippen molar-refractivity contribution in [1.29, 1.82) is 0 Å². The smallest absolute Gasteiger partial charge is 0.0211 e. The molecule has 0 aliphatic carbocycles. The van der Waals surface area contributed by atoms with E-state index < -0.39 is 0 Å². The highest BCUT2D eigenvalue weighted by atomic mass is 14.8. The summed E-state index contributed by atoms with van der Waals surface area (Å²) < 4.78 is 0. The van der Waals surface area contributed by atoms with Gasteiger partial charge in [0.1, 0.15) is 0 Å². The Kier molecular flexibility index (Phi) is 4.51. The van der Waals surface area contributed by atoms with Gasteiger partial charge >= 0.3 is 0 Å². The summed E-state index contributed by atoms with van der Waals surface area (Å²) in [6.07, 6.45) is 0. The molecule has 0 saturated carbocycles. The first-order valence-corrected chi connectivity index (χ1v) is 6.32. The van der Waals surface area contributed by atoms with Gasteiger partial charge in [0.25, 0.3) is 0 Å². The summed E-state index contributed by atoms with van der Waals surface area (Å²) in [5.74, 6) is 0. The van der Waals surface area contributed by atoms with Gasteiger partial charge in [0, 0.05) is 19.6 Å². The number of nitrogens with one attached hydrogen (secondary N) is 1. The van der Waals surface area contributed by atoms with Crippen molar-refractivity contribution < 1.29 is 0 Å². The Morgan fingerprint density at radius 2 is 1.72 bits per heavy atom. The second kappa shape index (κ2) is 6.34. The quantitative estimate of drug-likeness (QED) is 0.843. The van der Waals surface area contributed by atoms with Crippen molar-refractivity contribution in [3.63, 3.8) is 0 Å². The van der Waals surface area contributed by atoms with E-state index in [9.17, 15) is 0 Å². The van der Waals surface area contributed by atoms with Gasteiger partial charge in [-0.2, -0.15) is 0 Å². The Morgan fingerprint density at radius 1 is 0.944 bits per heavy atom. The fraction of sp³-hybridized carbons (Fsp3) is 0.250. The van der Waals surface area contributed by atoms with E-state index >= 15 is 0 Å². The van der Waals surface area contributed by atoms with Gasteiger partial charge in [-0.3, -0.25) is 0 Å². The Morgan fingerprint density at radius 3 is 2.50 bits per heavy atom. The van der Waals surface area contributed by atoms with Crippen molar-refractivity contribution in [3.8, 4) is 0 Å². The average molecular weight is 240 g/mol. The predicted octanol–water partition coefficient (Wildman–Crippen LogP) is 2.74. The molecule has 0 heterocycles. The van der Waals surface area contributed by atoms with Gasteiger partial charge in [0.15, 0.2) is 0 Å². The highest BCUT2D eigenvalue weighted by Gasteiger charge is 1.98. The van der Waals surface area contributed by atoms with Crippen LogP contribution in [-0.4, -0.2) is 0 Å². The topological polar surface area (TPSA) is 38.0 Å². The van der Waals surface area contributed by atoms with E-state index in [-0.39, 0.29) is 0 Å². The summed E-state index contributed by atoms with van der Waals surface area (Å²) in [6.45, 7) is 4.53. The van der Waals surface area contributed by atoms with Gasteiger partial charge in [-0.15, -0.1) is 0 Å². The molecule has 0 atom stereocenters. The standard InChI is InChI=1S/C16H20N2/c1-13-5-2-3-8-16(13)12-18-11-15-7-4-6-14(9-15)10-17/h2-9,18H,10-12,17H2,1H3. The molecule has 0 radical (unpaired) electrons. The molecule has 0 unspecified atom stereocenters. The van der Waals surface area contributed by atoms with Crippen molar-refractivity contribution in [1.82, 2.24) is 5.32 Å². The molecule has 0 spiro atoms. The Hall–Kier alpha value is -1.64. The van der Waals surface area contributed by atoms with Crippen molar-refractivity contribution in [3.05, 3.63) is 70.8 Å². The first-order chi connectivity index (χ1) is 8.79. The minimum absolute atomic E-state index is 0.603. The predicted molar refractivity (Wildman–Crippen MR) is 76.1 cm³/mol. The SMILES string of the molecule is Cc1ccccc1CNCc1cccc(CN)c1. The van der Waals surface area contributed by atoms with Crippen LogP contribution >= 0.6 is 0 Å². The van der Waals surface area contributed by atoms with Crippen molar-refractivity contribution in [2.24, 2.45) is 5.73 Å². The van der Waals surface area contributed by atoms with Crippen LogP contribution in [0, 0.1) is 6.92 Å². The van der Waals surface area contributed by atoms with Crippen LogP contribution < -0.4 is 11.1 Å². The molecule has 2 aromatic carbocycles. The van der Waals surface area contributed by atoms with Gasteiger partial charge in [0.2, 0.25) is 0 Å². The summed E-state index contributed by atoms with van der Waals surface area (Å²) >= 11 is 0. The normalized spacial score (nSPS) is 10.6. The zero-order valence-corrected chi connectivity index (χ0v) is 10.8. The van der Waals surface area contributed by atoms with Gasteiger partial charge in [-0.05, 0) is 29.2 Å². The van der Waals surface area contributed by atoms with Crippen LogP contribution in [0.15, 0.2) is 48.5 Å². The second-order valence-corrected chi connectivity index (χ2v) is 4.55. The van der Waals surface area contributed by atoms with E-state index in [4.69, 9.17) is 5.73 Å². The van der Waals surface area contributed by atoms with E-state index in [0.717, 1.165) is 13.1 Å². The zero-order valence-electron chi connectivity index (χ0n) is 10.8. The highest BCUT2D eigenvalue weighted by molar-refractivity contribution is 5.26. The molecule has 0 fully saturated rings. The van der Waals surface area contributed by atoms with E-state index in [0.29, 0.717) is 6.54 Å². The van der Waals surface area contributed by atoms with E-state index in [1.165, 1.54) is 22.3 Å². The Labute approximate surface area is 109 Å². The average Bonchev–Trinajstić information content (AvgIpc) is 2.41. The van der Waals surface area contributed by atoms with Crippen molar-refractivity contribution >= 4 is 0 Å². The molecule has 0 aromatic heterocycles. The lowest BCUT2D eigenvalue weighted by atomic mass is 10.1. The maximum atomic E-state index is 5.64. The molecule has 18 heavy (non-hydrogen) atoms. The van der Waals surface area contributed by atoms with Crippen LogP contribution in [0.2, 0.25) is 0 Å². The van der Waals surface area contributed by atoms with Crippen molar-refractivity contribution in [2.45, 2.75) is 26.6 Å². The van der Waals surface area contributed by atoms with Crippen LogP contribution in [0.5, 0.6) is 0 Å². The van der Waals surface area contributed by atoms with Gasteiger partial charge in [-0.25, -0.2) is 0 Å². The molecule has 0 saturated heterocycles. The third-order valence-corrected chi connectivity index (χ3v) is 3.13. The second-order valence-electron chi connectivity index (χ2n) is 4.55. The maximum Gasteiger partial charge on any atom is 0.0211 e. The molecule has 94 valence electrons. The number of rotatable bonds is 5. The first kappa shape index (κ1) is 12.8. The number of hydrogen-bond acceptors (Lipinski definition) is 2. The Bertz CT molecular complexity index is 506. The lowest BCUT2D eigenvalue weighted by molar-refractivity contribution is 0.690. The van der Waals surface area contributed by atoms with Gasteiger partial charge in [-0.1, -0.05) is 48.5 Å².